The van der Waals surface area contributed by atoms with Crippen LogP contribution in [0.3, 0.4) is 0 Å². The third-order valence-electron chi connectivity index (χ3n) is 5.43. The van der Waals surface area contributed by atoms with Gasteiger partial charge >= 0.3 is 5.97 Å². The van der Waals surface area contributed by atoms with Crippen molar-refractivity contribution in [2.75, 3.05) is 7.11 Å². The molecule has 2 fully saturated rings. The lowest BCUT2D eigenvalue weighted by molar-refractivity contribution is -0.158. The molecule has 3 aliphatic carbocycles. The van der Waals surface area contributed by atoms with Crippen LogP contribution in [0.15, 0.2) is 12.2 Å². The zero-order valence-electron chi connectivity index (χ0n) is 10.5. The van der Waals surface area contributed by atoms with Gasteiger partial charge in [0.15, 0.2) is 5.78 Å². The van der Waals surface area contributed by atoms with E-state index in [1.807, 2.05) is 6.92 Å². The predicted octanol–water partition coefficient (Wildman–Crippen LogP) is 1.82. The highest BCUT2D eigenvalue weighted by Gasteiger charge is 2.66. The molecule has 6 atom stereocenters. The second-order valence-electron chi connectivity index (χ2n) is 5.90. The van der Waals surface area contributed by atoms with E-state index in [-0.39, 0.29) is 23.6 Å². The fourth-order valence-corrected chi connectivity index (χ4v) is 4.37. The number of rotatable bonds is 1. The number of Topliss-reactive ketones (excluding diaryl/α,β-unsaturated/α-hetero) is 1. The number of fused-ring (bicyclic) bond motifs is 5. The van der Waals surface area contributed by atoms with Crippen molar-refractivity contribution in [1.29, 1.82) is 0 Å². The molecule has 3 rings (SSSR count). The summed E-state index contributed by atoms with van der Waals surface area (Å²) in [5, 5.41) is 0. The average Bonchev–Trinajstić information content (AvgIpc) is 2.98. The Labute approximate surface area is 101 Å². The molecule has 3 nitrogen and oxygen atoms in total. The molecule has 0 radical (unpaired) electrons. The maximum atomic E-state index is 12.6. The highest BCUT2D eigenvalue weighted by Crippen LogP contribution is 2.61. The minimum atomic E-state index is -0.924. The van der Waals surface area contributed by atoms with Crippen LogP contribution in [0.2, 0.25) is 0 Å². The largest absolute Gasteiger partial charge is 0.468 e. The van der Waals surface area contributed by atoms with Gasteiger partial charge in [-0.15, -0.1) is 0 Å². The van der Waals surface area contributed by atoms with Crippen molar-refractivity contribution in [3.63, 3.8) is 0 Å². The lowest BCUT2D eigenvalue weighted by Crippen LogP contribution is -2.40. The van der Waals surface area contributed by atoms with Gasteiger partial charge in [0.25, 0.3) is 0 Å². The summed E-state index contributed by atoms with van der Waals surface area (Å²) in [6.07, 6.45) is 5.50. The molecule has 0 saturated heterocycles. The molecule has 17 heavy (non-hydrogen) atoms. The van der Waals surface area contributed by atoms with Gasteiger partial charge in [-0.25, -0.2) is 0 Å². The van der Waals surface area contributed by atoms with Crippen molar-refractivity contribution in [2.45, 2.75) is 20.3 Å². The van der Waals surface area contributed by atoms with Crippen LogP contribution >= 0.6 is 0 Å². The number of allylic oxidation sites excluding steroid dienone is 2. The van der Waals surface area contributed by atoms with Crippen LogP contribution in [-0.4, -0.2) is 18.9 Å². The van der Waals surface area contributed by atoms with Crippen molar-refractivity contribution in [2.24, 2.45) is 35.0 Å². The van der Waals surface area contributed by atoms with E-state index in [0.29, 0.717) is 17.8 Å². The fourth-order valence-electron chi connectivity index (χ4n) is 4.37. The first-order valence-corrected chi connectivity index (χ1v) is 6.33. The number of ketones is 1. The van der Waals surface area contributed by atoms with Crippen LogP contribution in [0.1, 0.15) is 20.3 Å². The number of methoxy groups -OCH3 is 1. The van der Waals surface area contributed by atoms with Crippen LogP contribution < -0.4 is 0 Å². The smallest absolute Gasteiger partial charge is 0.319 e. The third kappa shape index (κ3) is 1.08. The highest BCUT2D eigenvalue weighted by molar-refractivity contribution is 6.07. The fraction of sp³-hybridized carbons (Fsp3) is 0.714. The molecule has 0 amide bonds. The van der Waals surface area contributed by atoms with Gasteiger partial charge in [0.05, 0.1) is 7.11 Å². The SMILES string of the molecule is COC(=O)[C@]1(C)C(=O)C2C(C1C)[C@H]1C=C[C@@H]2C1. The molecule has 0 aromatic carbocycles. The molecule has 0 spiro atoms. The number of ether oxygens (including phenoxy) is 1. The Bertz CT molecular complexity index is 425. The quantitative estimate of drug-likeness (QED) is 0.395. The molecular weight excluding hydrogens is 216 g/mol. The summed E-state index contributed by atoms with van der Waals surface area (Å²) in [6, 6.07) is 0. The van der Waals surface area contributed by atoms with Crippen molar-refractivity contribution < 1.29 is 14.3 Å². The zero-order valence-corrected chi connectivity index (χ0v) is 10.5. The summed E-state index contributed by atoms with van der Waals surface area (Å²) in [4.78, 5) is 24.5. The number of carbonyl (C=O) groups is 2. The molecule has 0 aromatic heterocycles. The Morgan fingerprint density at radius 1 is 1.41 bits per heavy atom. The Kier molecular flexibility index (Phi) is 2.08. The van der Waals surface area contributed by atoms with E-state index in [9.17, 15) is 9.59 Å². The van der Waals surface area contributed by atoms with Crippen LogP contribution in [-0.2, 0) is 14.3 Å². The average molecular weight is 234 g/mol. The van der Waals surface area contributed by atoms with Gasteiger partial charge in [-0.2, -0.15) is 0 Å². The molecule has 0 N–H and O–H groups in total. The van der Waals surface area contributed by atoms with Gasteiger partial charge in [-0.1, -0.05) is 19.1 Å². The van der Waals surface area contributed by atoms with Crippen molar-refractivity contribution >= 4 is 11.8 Å². The molecule has 0 heterocycles. The van der Waals surface area contributed by atoms with Gasteiger partial charge in [0, 0.05) is 5.92 Å². The Morgan fingerprint density at radius 2 is 2.06 bits per heavy atom. The van der Waals surface area contributed by atoms with Crippen LogP contribution in [0.5, 0.6) is 0 Å². The minimum Gasteiger partial charge on any atom is -0.468 e. The molecule has 3 heteroatoms. The number of carbonyl (C=O) groups excluding carboxylic acids is 2. The summed E-state index contributed by atoms with van der Waals surface area (Å²) >= 11 is 0. The standard InChI is InChI=1S/C14H18O3/c1-7-10-8-4-5-9(6-8)11(10)12(15)14(7,2)13(16)17-3/h4-5,7-11H,6H2,1-3H3/t7?,8-,9+,10?,11?,14-/m0/s1. The summed E-state index contributed by atoms with van der Waals surface area (Å²) in [7, 11) is 1.37. The van der Waals surface area contributed by atoms with Crippen molar-refractivity contribution in [3.8, 4) is 0 Å². The summed E-state index contributed by atoms with van der Waals surface area (Å²) in [5.41, 5.74) is -0.924. The van der Waals surface area contributed by atoms with Crippen LogP contribution in [0.4, 0.5) is 0 Å². The van der Waals surface area contributed by atoms with Gasteiger partial charge in [0.1, 0.15) is 5.41 Å². The molecule has 2 saturated carbocycles. The number of hydrogen-bond donors (Lipinski definition) is 0. The Morgan fingerprint density at radius 3 is 2.65 bits per heavy atom. The molecule has 92 valence electrons. The summed E-state index contributed by atoms with van der Waals surface area (Å²) < 4.78 is 4.85. The lowest BCUT2D eigenvalue weighted by atomic mass is 9.75. The highest BCUT2D eigenvalue weighted by atomic mass is 16.5. The topological polar surface area (TPSA) is 43.4 Å². The van der Waals surface area contributed by atoms with E-state index < -0.39 is 5.41 Å². The van der Waals surface area contributed by atoms with Gasteiger partial charge in [-0.3, -0.25) is 9.59 Å². The lowest BCUT2D eigenvalue weighted by Gasteiger charge is -2.28. The van der Waals surface area contributed by atoms with E-state index in [1.165, 1.54) is 7.11 Å². The first-order chi connectivity index (χ1) is 8.01. The van der Waals surface area contributed by atoms with Crippen molar-refractivity contribution in [1.82, 2.24) is 0 Å². The van der Waals surface area contributed by atoms with E-state index in [0.717, 1.165) is 6.42 Å². The molecule has 0 aromatic rings. The first kappa shape index (κ1) is 11.0. The normalized spacial score (nSPS) is 50.8. The number of hydrogen-bond acceptors (Lipinski definition) is 3. The molecule has 3 aliphatic rings. The summed E-state index contributed by atoms with van der Waals surface area (Å²) in [6.45, 7) is 3.80. The van der Waals surface area contributed by atoms with Gasteiger partial charge in [0.2, 0.25) is 0 Å². The van der Waals surface area contributed by atoms with Crippen LogP contribution in [0.25, 0.3) is 0 Å². The predicted molar refractivity (Wildman–Crippen MR) is 62.0 cm³/mol. The second-order valence-corrected chi connectivity index (χ2v) is 5.90. The van der Waals surface area contributed by atoms with Gasteiger partial charge < -0.3 is 4.74 Å². The van der Waals surface area contributed by atoms with E-state index in [2.05, 4.69) is 12.2 Å². The van der Waals surface area contributed by atoms with Crippen LogP contribution in [0, 0.1) is 35.0 Å². The second kappa shape index (κ2) is 3.21. The zero-order chi connectivity index (χ0) is 12.4. The maximum absolute atomic E-state index is 12.6. The van der Waals surface area contributed by atoms with E-state index >= 15 is 0 Å². The molecule has 3 unspecified atom stereocenters. The maximum Gasteiger partial charge on any atom is 0.319 e. The first-order valence-electron chi connectivity index (χ1n) is 6.33. The minimum absolute atomic E-state index is 0.0594. The van der Waals surface area contributed by atoms with Crippen molar-refractivity contribution in [3.05, 3.63) is 12.2 Å². The number of esters is 1. The van der Waals surface area contributed by atoms with E-state index in [4.69, 9.17) is 4.74 Å². The Hall–Kier alpha value is -1.12. The third-order valence-corrected chi connectivity index (χ3v) is 5.43. The summed E-state index contributed by atoms with van der Waals surface area (Å²) in [5.74, 6) is 1.11. The van der Waals surface area contributed by atoms with E-state index in [1.54, 1.807) is 6.92 Å². The molecule has 2 bridgehead atoms. The monoisotopic (exact) mass is 234 g/mol. The molecular formula is C14H18O3. The molecule has 0 aliphatic heterocycles. The van der Waals surface area contributed by atoms with Gasteiger partial charge in [-0.05, 0) is 37.0 Å². The Balaban J connectivity index is 2.03.